The molecule has 1 amide bonds. The molecule has 0 atom stereocenters. The Kier molecular flexibility index (Phi) is 4.66. The summed E-state index contributed by atoms with van der Waals surface area (Å²) in [5.74, 6) is 0.792. The summed E-state index contributed by atoms with van der Waals surface area (Å²) in [7, 11) is 0. The lowest BCUT2D eigenvalue weighted by atomic mass is 9.99. The summed E-state index contributed by atoms with van der Waals surface area (Å²) >= 11 is 7.07. The second-order valence-electron chi connectivity index (χ2n) is 5.70. The molecule has 0 unspecified atom stereocenters. The maximum atomic E-state index is 12.3. The van der Waals surface area contributed by atoms with Crippen molar-refractivity contribution in [1.29, 1.82) is 0 Å². The molecule has 0 spiro atoms. The van der Waals surface area contributed by atoms with Crippen LogP contribution in [0.2, 0.25) is 0 Å². The summed E-state index contributed by atoms with van der Waals surface area (Å²) in [6, 6.07) is 13.2. The molecule has 0 aliphatic carbocycles. The number of carbonyl (C=O) groups is 1. The fraction of sp³-hybridized carbons (Fsp3) is 0.0556. The SMILES string of the molecule is Cc1c(-c2cccc(-c3nnn(Cl)n3)c2)ccnc1NC(=O)c1cccs1. The van der Waals surface area contributed by atoms with E-state index in [2.05, 4.69) is 25.7 Å². The highest BCUT2D eigenvalue weighted by molar-refractivity contribution is 7.12. The molecule has 0 fully saturated rings. The average molecular weight is 397 g/mol. The molecule has 0 aliphatic heterocycles. The molecule has 3 aromatic heterocycles. The van der Waals surface area contributed by atoms with Gasteiger partial charge in [-0.1, -0.05) is 28.6 Å². The summed E-state index contributed by atoms with van der Waals surface area (Å²) in [6.07, 6.45) is 1.67. The molecule has 134 valence electrons. The number of nitrogens with one attached hydrogen (secondary N) is 1. The monoisotopic (exact) mass is 396 g/mol. The number of amides is 1. The largest absolute Gasteiger partial charge is 0.306 e. The van der Waals surface area contributed by atoms with Gasteiger partial charge in [-0.25, -0.2) is 4.98 Å². The zero-order chi connectivity index (χ0) is 18.8. The van der Waals surface area contributed by atoms with E-state index in [1.807, 2.05) is 48.7 Å². The van der Waals surface area contributed by atoms with Gasteiger partial charge in [-0.15, -0.1) is 21.5 Å². The molecule has 0 radical (unpaired) electrons. The van der Waals surface area contributed by atoms with E-state index in [0.717, 1.165) is 26.6 Å². The van der Waals surface area contributed by atoms with Gasteiger partial charge in [-0.2, -0.15) is 0 Å². The van der Waals surface area contributed by atoms with Crippen LogP contribution in [0.15, 0.2) is 54.0 Å². The Morgan fingerprint density at radius 1 is 1.19 bits per heavy atom. The van der Waals surface area contributed by atoms with Crippen LogP contribution in [0.3, 0.4) is 0 Å². The highest BCUT2D eigenvalue weighted by Gasteiger charge is 2.13. The number of halogens is 1. The van der Waals surface area contributed by atoms with E-state index in [1.54, 1.807) is 12.3 Å². The van der Waals surface area contributed by atoms with Crippen LogP contribution in [0.5, 0.6) is 0 Å². The standard InChI is InChI=1S/C18H13ClN6OS/c1-11-14(7-8-20-16(11)21-18(26)15-6-3-9-27-15)12-4-2-5-13(10-12)17-22-24-25(19)23-17/h2-10H,1H3,(H,20,21,26). The third kappa shape index (κ3) is 3.57. The summed E-state index contributed by atoms with van der Waals surface area (Å²) in [6.45, 7) is 1.92. The number of benzene rings is 1. The quantitative estimate of drug-likeness (QED) is 0.563. The van der Waals surface area contributed by atoms with Gasteiger partial charge < -0.3 is 5.32 Å². The van der Waals surface area contributed by atoms with Crippen LogP contribution in [-0.4, -0.2) is 30.6 Å². The van der Waals surface area contributed by atoms with Crippen LogP contribution in [0.1, 0.15) is 15.2 Å². The van der Waals surface area contributed by atoms with E-state index in [9.17, 15) is 4.79 Å². The van der Waals surface area contributed by atoms with Crippen molar-refractivity contribution in [2.24, 2.45) is 0 Å². The molecule has 0 saturated carbocycles. The molecule has 4 aromatic rings. The minimum atomic E-state index is -0.172. The number of nitrogens with zero attached hydrogens (tertiary/aromatic N) is 5. The Morgan fingerprint density at radius 2 is 2.04 bits per heavy atom. The van der Waals surface area contributed by atoms with Crippen LogP contribution < -0.4 is 5.32 Å². The van der Waals surface area contributed by atoms with Crippen molar-refractivity contribution in [2.75, 3.05) is 5.32 Å². The molecule has 27 heavy (non-hydrogen) atoms. The van der Waals surface area contributed by atoms with Gasteiger partial charge in [0.15, 0.2) is 0 Å². The maximum Gasteiger partial charge on any atom is 0.266 e. The first-order chi connectivity index (χ1) is 13.1. The number of rotatable bonds is 4. The molecule has 3 heterocycles. The van der Waals surface area contributed by atoms with Crippen molar-refractivity contribution >= 4 is 34.8 Å². The summed E-state index contributed by atoms with van der Waals surface area (Å²) < 4.78 is 0.901. The number of thiophene rings is 1. The number of hydrogen-bond acceptors (Lipinski definition) is 6. The second-order valence-corrected chi connectivity index (χ2v) is 6.95. The lowest BCUT2D eigenvalue weighted by Gasteiger charge is -2.12. The maximum absolute atomic E-state index is 12.3. The molecule has 0 bridgehead atoms. The number of pyridine rings is 1. The molecule has 0 aliphatic rings. The van der Waals surface area contributed by atoms with Crippen molar-refractivity contribution in [2.45, 2.75) is 6.92 Å². The third-order valence-electron chi connectivity index (χ3n) is 4.00. The highest BCUT2D eigenvalue weighted by Crippen LogP contribution is 2.29. The van der Waals surface area contributed by atoms with Gasteiger partial charge in [0.25, 0.3) is 5.91 Å². The average Bonchev–Trinajstić information content (AvgIpc) is 3.35. The van der Waals surface area contributed by atoms with Gasteiger partial charge in [0.1, 0.15) is 5.82 Å². The summed E-state index contributed by atoms with van der Waals surface area (Å²) in [5.41, 5.74) is 3.56. The molecular weight excluding hydrogens is 384 g/mol. The van der Waals surface area contributed by atoms with E-state index in [-0.39, 0.29) is 5.91 Å². The van der Waals surface area contributed by atoms with Crippen molar-refractivity contribution in [3.63, 3.8) is 0 Å². The Hall–Kier alpha value is -3.10. The minimum Gasteiger partial charge on any atom is -0.306 e. The normalized spacial score (nSPS) is 10.7. The van der Waals surface area contributed by atoms with Crippen LogP contribution in [0, 0.1) is 6.92 Å². The molecule has 9 heteroatoms. The molecule has 0 saturated heterocycles. The lowest BCUT2D eigenvalue weighted by molar-refractivity contribution is 0.103. The molecule has 1 N–H and O–H groups in total. The van der Waals surface area contributed by atoms with Gasteiger partial charge >= 0.3 is 0 Å². The van der Waals surface area contributed by atoms with Gasteiger partial charge in [-0.05, 0) is 52.4 Å². The van der Waals surface area contributed by atoms with Gasteiger partial charge in [0, 0.05) is 11.8 Å². The number of anilines is 1. The van der Waals surface area contributed by atoms with Crippen molar-refractivity contribution in [3.8, 4) is 22.5 Å². The minimum absolute atomic E-state index is 0.172. The van der Waals surface area contributed by atoms with Gasteiger partial charge in [-0.3, -0.25) is 4.79 Å². The van der Waals surface area contributed by atoms with Crippen molar-refractivity contribution in [1.82, 2.24) is 24.7 Å². The van der Waals surface area contributed by atoms with E-state index in [0.29, 0.717) is 16.5 Å². The van der Waals surface area contributed by atoms with E-state index < -0.39 is 0 Å². The Morgan fingerprint density at radius 3 is 2.78 bits per heavy atom. The summed E-state index contributed by atoms with van der Waals surface area (Å²) in [4.78, 5) is 17.3. The Bertz CT molecular complexity index is 1110. The molecule has 4 rings (SSSR count). The molecular formula is C18H13ClN6OS. The van der Waals surface area contributed by atoms with Crippen LogP contribution in [0.4, 0.5) is 5.82 Å². The highest BCUT2D eigenvalue weighted by atomic mass is 35.5. The van der Waals surface area contributed by atoms with E-state index in [1.165, 1.54) is 11.3 Å². The Balaban J connectivity index is 1.68. The number of aromatic nitrogens is 5. The first-order valence-electron chi connectivity index (χ1n) is 7.99. The first kappa shape index (κ1) is 17.3. The molecule has 7 nitrogen and oxygen atoms in total. The second kappa shape index (κ2) is 7.26. The van der Waals surface area contributed by atoms with Crippen LogP contribution in [0.25, 0.3) is 22.5 Å². The van der Waals surface area contributed by atoms with Crippen molar-refractivity contribution in [3.05, 3.63) is 64.5 Å². The fourth-order valence-corrected chi connectivity index (χ4v) is 3.41. The number of tetrazole rings is 1. The third-order valence-corrected chi connectivity index (χ3v) is 5.02. The predicted octanol–water partition coefficient (Wildman–Crippen LogP) is 4.03. The fourth-order valence-electron chi connectivity index (χ4n) is 2.69. The number of carbonyl (C=O) groups excluding carboxylic acids is 1. The van der Waals surface area contributed by atoms with Crippen LogP contribution in [-0.2, 0) is 0 Å². The van der Waals surface area contributed by atoms with E-state index in [4.69, 9.17) is 11.8 Å². The predicted molar refractivity (Wildman–Crippen MR) is 105 cm³/mol. The zero-order valence-corrected chi connectivity index (χ0v) is 15.7. The van der Waals surface area contributed by atoms with Gasteiger partial charge in [0.05, 0.1) is 16.7 Å². The molecule has 1 aromatic carbocycles. The zero-order valence-electron chi connectivity index (χ0n) is 14.1. The van der Waals surface area contributed by atoms with Crippen LogP contribution >= 0.6 is 23.1 Å². The van der Waals surface area contributed by atoms with Crippen molar-refractivity contribution < 1.29 is 4.79 Å². The summed E-state index contributed by atoms with van der Waals surface area (Å²) in [5, 5.41) is 16.3. The lowest BCUT2D eigenvalue weighted by Crippen LogP contribution is -2.12. The smallest absolute Gasteiger partial charge is 0.266 e. The Labute approximate surface area is 163 Å². The number of hydrogen-bond donors (Lipinski definition) is 1. The van der Waals surface area contributed by atoms with E-state index >= 15 is 0 Å². The van der Waals surface area contributed by atoms with Gasteiger partial charge in [0.2, 0.25) is 5.82 Å². The topological polar surface area (TPSA) is 85.6 Å². The first-order valence-corrected chi connectivity index (χ1v) is 9.21.